The zero-order valence-electron chi connectivity index (χ0n) is 8.59. The Balaban J connectivity index is 2.29. The monoisotopic (exact) mass is 268 g/mol. The number of anilines is 1. The van der Waals surface area contributed by atoms with E-state index in [2.05, 4.69) is 15.9 Å². The molecule has 1 N–H and O–H groups in total. The number of nitrogens with zero attached hydrogens (tertiary/aromatic N) is 1. The highest BCUT2D eigenvalue weighted by molar-refractivity contribution is 9.10. The molecule has 0 amide bonds. The van der Waals surface area contributed by atoms with Crippen LogP contribution in [0.1, 0.15) is 12.8 Å². The SMILES string of the molecule is COc1ccc(N2CCCC2=N)cc1Br. The molecule has 0 bridgehead atoms. The molecular formula is C11H13BrN2O. The van der Waals surface area contributed by atoms with Crippen LogP contribution in [0.5, 0.6) is 5.75 Å². The molecule has 3 nitrogen and oxygen atoms in total. The molecule has 0 radical (unpaired) electrons. The molecule has 1 aliphatic heterocycles. The first kappa shape index (κ1) is 10.5. The number of hydrogen-bond donors (Lipinski definition) is 1. The van der Waals surface area contributed by atoms with E-state index in [4.69, 9.17) is 10.1 Å². The van der Waals surface area contributed by atoms with Gasteiger partial charge in [0.1, 0.15) is 11.6 Å². The van der Waals surface area contributed by atoms with E-state index in [1.54, 1.807) is 7.11 Å². The maximum absolute atomic E-state index is 7.79. The topological polar surface area (TPSA) is 36.3 Å². The molecular weight excluding hydrogens is 256 g/mol. The van der Waals surface area contributed by atoms with Crippen LogP contribution in [0.2, 0.25) is 0 Å². The molecule has 0 saturated carbocycles. The highest BCUT2D eigenvalue weighted by atomic mass is 79.9. The molecule has 0 aromatic heterocycles. The average molecular weight is 269 g/mol. The van der Waals surface area contributed by atoms with E-state index in [0.29, 0.717) is 5.84 Å². The fraction of sp³-hybridized carbons (Fsp3) is 0.364. The van der Waals surface area contributed by atoms with Gasteiger partial charge < -0.3 is 9.64 Å². The van der Waals surface area contributed by atoms with E-state index < -0.39 is 0 Å². The van der Waals surface area contributed by atoms with Gasteiger partial charge in [-0.05, 0) is 40.5 Å². The quantitative estimate of drug-likeness (QED) is 0.895. The molecule has 1 aromatic carbocycles. The van der Waals surface area contributed by atoms with Gasteiger partial charge in [-0.2, -0.15) is 0 Å². The molecule has 80 valence electrons. The number of ether oxygens (including phenoxy) is 1. The van der Waals surface area contributed by atoms with Gasteiger partial charge in [-0.3, -0.25) is 5.41 Å². The van der Waals surface area contributed by atoms with Crippen molar-refractivity contribution in [2.24, 2.45) is 0 Å². The number of methoxy groups -OCH3 is 1. The van der Waals surface area contributed by atoms with Gasteiger partial charge >= 0.3 is 0 Å². The summed E-state index contributed by atoms with van der Waals surface area (Å²) in [6.07, 6.45) is 1.95. The fourth-order valence-electron chi connectivity index (χ4n) is 1.78. The largest absolute Gasteiger partial charge is 0.496 e. The Kier molecular flexibility index (Phi) is 2.95. The summed E-state index contributed by atoms with van der Waals surface area (Å²) in [4.78, 5) is 2.03. The van der Waals surface area contributed by atoms with Crippen molar-refractivity contribution in [3.8, 4) is 5.75 Å². The molecule has 1 fully saturated rings. The minimum Gasteiger partial charge on any atom is -0.496 e. The maximum atomic E-state index is 7.79. The zero-order valence-corrected chi connectivity index (χ0v) is 10.2. The van der Waals surface area contributed by atoms with Gasteiger partial charge in [0.15, 0.2) is 0 Å². The predicted octanol–water partition coefficient (Wildman–Crippen LogP) is 3.04. The second-order valence-electron chi connectivity index (χ2n) is 3.52. The van der Waals surface area contributed by atoms with Crippen LogP contribution < -0.4 is 9.64 Å². The van der Waals surface area contributed by atoms with Gasteiger partial charge in [0.05, 0.1) is 11.6 Å². The van der Waals surface area contributed by atoms with E-state index in [9.17, 15) is 0 Å². The van der Waals surface area contributed by atoms with Crippen molar-refractivity contribution in [2.45, 2.75) is 12.8 Å². The maximum Gasteiger partial charge on any atom is 0.133 e. The van der Waals surface area contributed by atoms with Crippen molar-refractivity contribution < 1.29 is 4.74 Å². The lowest BCUT2D eigenvalue weighted by molar-refractivity contribution is 0.412. The lowest BCUT2D eigenvalue weighted by Gasteiger charge is -2.18. The minimum absolute atomic E-state index is 0.701. The van der Waals surface area contributed by atoms with Gasteiger partial charge in [0.25, 0.3) is 0 Å². The van der Waals surface area contributed by atoms with E-state index in [1.807, 2.05) is 23.1 Å². The Morgan fingerprint density at radius 2 is 2.27 bits per heavy atom. The van der Waals surface area contributed by atoms with Crippen LogP contribution in [0.25, 0.3) is 0 Å². The van der Waals surface area contributed by atoms with Crippen molar-refractivity contribution in [1.29, 1.82) is 5.41 Å². The molecule has 15 heavy (non-hydrogen) atoms. The van der Waals surface area contributed by atoms with Crippen LogP contribution >= 0.6 is 15.9 Å². The number of amidine groups is 1. The van der Waals surface area contributed by atoms with Crippen molar-refractivity contribution in [1.82, 2.24) is 0 Å². The smallest absolute Gasteiger partial charge is 0.133 e. The highest BCUT2D eigenvalue weighted by Crippen LogP contribution is 2.31. The standard InChI is InChI=1S/C11H13BrN2O/c1-15-10-5-4-8(7-9(10)12)14-6-2-3-11(14)13/h4-5,7,13H,2-3,6H2,1H3. The summed E-state index contributed by atoms with van der Waals surface area (Å²) in [6.45, 7) is 0.942. The first-order chi connectivity index (χ1) is 7.22. The van der Waals surface area contributed by atoms with Crippen molar-refractivity contribution in [3.63, 3.8) is 0 Å². The van der Waals surface area contributed by atoms with Crippen molar-refractivity contribution >= 4 is 27.5 Å². The molecule has 0 spiro atoms. The van der Waals surface area contributed by atoms with E-state index >= 15 is 0 Å². The average Bonchev–Trinajstić information content (AvgIpc) is 2.64. The Labute approximate surface area is 97.7 Å². The van der Waals surface area contributed by atoms with Crippen molar-refractivity contribution in [3.05, 3.63) is 22.7 Å². The second-order valence-corrected chi connectivity index (χ2v) is 4.38. The Hall–Kier alpha value is -1.03. The summed E-state index contributed by atoms with van der Waals surface area (Å²) < 4.78 is 6.10. The molecule has 1 aromatic rings. The van der Waals surface area contributed by atoms with Crippen LogP contribution in [-0.4, -0.2) is 19.5 Å². The van der Waals surface area contributed by atoms with Crippen LogP contribution in [-0.2, 0) is 0 Å². The van der Waals surface area contributed by atoms with Gasteiger partial charge in [0, 0.05) is 18.7 Å². The van der Waals surface area contributed by atoms with Crippen LogP contribution in [0, 0.1) is 5.41 Å². The van der Waals surface area contributed by atoms with E-state index in [0.717, 1.165) is 35.3 Å². The van der Waals surface area contributed by atoms with Gasteiger partial charge in [0.2, 0.25) is 0 Å². The Bertz CT molecular complexity index is 392. The number of halogens is 1. The van der Waals surface area contributed by atoms with Crippen LogP contribution in [0.15, 0.2) is 22.7 Å². The van der Waals surface area contributed by atoms with Crippen LogP contribution in [0.4, 0.5) is 5.69 Å². The minimum atomic E-state index is 0.701. The van der Waals surface area contributed by atoms with Crippen molar-refractivity contribution in [2.75, 3.05) is 18.6 Å². The van der Waals surface area contributed by atoms with E-state index in [1.165, 1.54) is 0 Å². The van der Waals surface area contributed by atoms with Crippen LogP contribution in [0.3, 0.4) is 0 Å². The van der Waals surface area contributed by atoms with Gasteiger partial charge in [-0.25, -0.2) is 0 Å². The third-order valence-corrected chi connectivity index (χ3v) is 3.19. The van der Waals surface area contributed by atoms with Gasteiger partial charge in [-0.15, -0.1) is 0 Å². The van der Waals surface area contributed by atoms with Gasteiger partial charge in [-0.1, -0.05) is 0 Å². The summed E-state index contributed by atoms with van der Waals surface area (Å²) in [5.74, 6) is 1.52. The third-order valence-electron chi connectivity index (χ3n) is 2.57. The lowest BCUT2D eigenvalue weighted by atomic mass is 10.3. The molecule has 0 unspecified atom stereocenters. The summed E-state index contributed by atoms with van der Waals surface area (Å²) in [6, 6.07) is 5.91. The van der Waals surface area contributed by atoms with E-state index in [-0.39, 0.29) is 0 Å². The second kappa shape index (κ2) is 4.23. The number of rotatable bonds is 2. The molecule has 1 heterocycles. The predicted molar refractivity (Wildman–Crippen MR) is 65.0 cm³/mol. The Morgan fingerprint density at radius 3 is 2.80 bits per heavy atom. The molecule has 1 saturated heterocycles. The normalized spacial score (nSPS) is 15.9. The number of benzene rings is 1. The summed E-state index contributed by atoms with van der Waals surface area (Å²) >= 11 is 3.45. The summed E-state index contributed by atoms with van der Waals surface area (Å²) in [5, 5.41) is 7.79. The third kappa shape index (κ3) is 2.00. The summed E-state index contributed by atoms with van der Waals surface area (Å²) in [5.41, 5.74) is 1.06. The molecule has 2 rings (SSSR count). The first-order valence-electron chi connectivity index (χ1n) is 4.91. The molecule has 4 heteroatoms. The first-order valence-corrected chi connectivity index (χ1v) is 5.70. The highest BCUT2D eigenvalue weighted by Gasteiger charge is 2.18. The molecule has 0 aliphatic carbocycles. The zero-order chi connectivity index (χ0) is 10.8. The lowest BCUT2D eigenvalue weighted by Crippen LogP contribution is -2.22. The number of nitrogens with one attached hydrogen (secondary N) is 1. The Morgan fingerprint density at radius 1 is 1.47 bits per heavy atom. The fourth-order valence-corrected chi connectivity index (χ4v) is 2.31. The molecule has 1 aliphatic rings. The molecule has 0 atom stereocenters. The summed E-state index contributed by atoms with van der Waals surface area (Å²) in [7, 11) is 1.65. The number of hydrogen-bond acceptors (Lipinski definition) is 2.